The molecular formula is C22H16N2O3S2. The van der Waals surface area contributed by atoms with Crippen LogP contribution in [0.1, 0.15) is 22.8 Å². The lowest BCUT2D eigenvalue weighted by atomic mass is 9.91. The monoisotopic (exact) mass is 420 g/mol. The first-order chi connectivity index (χ1) is 14.1. The number of nitrogens with one attached hydrogen (secondary N) is 1. The number of carbonyl (C=O) groups is 2. The molecule has 2 aromatic carbocycles. The number of thioether (sulfide) groups is 1. The highest BCUT2D eigenvalue weighted by Gasteiger charge is 2.35. The summed E-state index contributed by atoms with van der Waals surface area (Å²) in [7, 11) is 0. The van der Waals surface area contributed by atoms with Crippen LogP contribution < -0.4 is 5.43 Å². The average molecular weight is 421 g/mol. The SMILES string of the molecule is O=C(NN1C(=O)/C(=C/c2ccco2)SC1=S)C(c1ccccc1)c1ccccc1. The zero-order valence-corrected chi connectivity index (χ0v) is 16.8. The number of nitrogens with zero attached hydrogens (tertiary/aromatic N) is 1. The maximum atomic E-state index is 13.2. The Hall–Kier alpha value is -3.16. The first-order valence-electron chi connectivity index (χ1n) is 8.85. The summed E-state index contributed by atoms with van der Waals surface area (Å²) in [6.07, 6.45) is 3.13. The van der Waals surface area contributed by atoms with Gasteiger partial charge >= 0.3 is 0 Å². The molecule has 3 aromatic rings. The Bertz CT molecular complexity index is 1020. The first kappa shape index (κ1) is 19.2. The van der Waals surface area contributed by atoms with Gasteiger partial charge in [0.2, 0.25) is 0 Å². The van der Waals surface area contributed by atoms with Crippen molar-refractivity contribution in [3.05, 3.63) is 101 Å². The van der Waals surface area contributed by atoms with Gasteiger partial charge in [-0.2, -0.15) is 5.01 Å². The minimum absolute atomic E-state index is 0.265. The van der Waals surface area contributed by atoms with Gasteiger partial charge in [0.15, 0.2) is 4.32 Å². The molecule has 2 amide bonds. The van der Waals surface area contributed by atoms with Crippen molar-refractivity contribution in [1.29, 1.82) is 0 Å². The minimum Gasteiger partial charge on any atom is -0.465 e. The van der Waals surface area contributed by atoms with E-state index in [1.54, 1.807) is 18.2 Å². The molecule has 4 rings (SSSR count). The van der Waals surface area contributed by atoms with E-state index in [0.717, 1.165) is 27.9 Å². The molecule has 7 heteroatoms. The van der Waals surface area contributed by atoms with Gasteiger partial charge in [-0.05, 0) is 35.5 Å². The third-order valence-corrected chi connectivity index (χ3v) is 5.66. The van der Waals surface area contributed by atoms with Crippen molar-refractivity contribution in [2.45, 2.75) is 5.92 Å². The van der Waals surface area contributed by atoms with Gasteiger partial charge in [-0.1, -0.05) is 72.4 Å². The number of furan rings is 1. The van der Waals surface area contributed by atoms with Crippen LogP contribution in [0.5, 0.6) is 0 Å². The molecule has 0 saturated carbocycles. The molecule has 0 aliphatic carbocycles. The van der Waals surface area contributed by atoms with E-state index in [1.165, 1.54) is 6.26 Å². The molecule has 1 aromatic heterocycles. The largest absolute Gasteiger partial charge is 0.465 e. The van der Waals surface area contributed by atoms with Crippen molar-refractivity contribution >= 4 is 46.2 Å². The molecule has 0 unspecified atom stereocenters. The lowest BCUT2D eigenvalue weighted by molar-refractivity contribution is -0.133. The Labute approximate surface area is 177 Å². The Morgan fingerprint density at radius 1 is 1.00 bits per heavy atom. The predicted molar refractivity (Wildman–Crippen MR) is 117 cm³/mol. The number of carbonyl (C=O) groups excluding carboxylic acids is 2. The minimum atomic E-state index is -0.573. The van der Waals surface area contributed by atoms with E-state index in [2.05, 4.69) is 5.43 Å². The summed E-state index contributed by atoms with van der Waals surface area (Å²) in [6.45, 7) is 0. The molecule has 1 aliphatic rings. The molecule has 0 spiro atoms. The normalized spacial score (nSPS) is 15.3. The number of rotatable bonds is 5. The summed E-state index contributed by atoms with van der Waals surface area (Å²) in [5.41, 5.74) is 4.35. The number of hydrazine groups is 1. The van der Waals surface area contributed by atoms with E-state index >= 15 is 0 Å². The number of benzene rings is 2. The number of thiocarbonyl (C=S) groups is 1. The number of hydrogen-bond donors (Lipinski definition) is 1. The Morgan fingerprint density at radius 3 is 2.17 bits per heavy atom. The smallest absolute Gasteiger partial charge is 0.285 e. The van der Waals surface area contributed by atoms with Gasteiger partial charge in [-0.25, -0.2) is 0 Å². The second-order valence-electron chi connectivity index (χ2n) is 6.26. The zero-order valence-electron chi connectivity index (χ0n) is 15.1. The van der Waals surface area contributed by atoms with Gasteiger partial charge in [0.25, 0.3) is 11.8 Å². The lowest BCUT2D eigenvalue weighted by Crippen LogP contribution is -2.46. The summed E-state index contributed by atoms with van der Waals surface area (Å²) in [4.78, 5) is 26.4. The zero-order chi connectivity index (χ0) is 20.2. The molecule has 0 atom stereocenters. The van der Waals surface area contributed by atoms with Crippen molar-refractivity contribution in [2.75, 3.05) is 0 Å². The van der Waals surface area contributed by atoms with Crippen LogP contribution in [0.15, 0.2) is 88.4 Å². The van der Waals surface area contributed by atoms with Crippen LogP contribution >= 0.6 is 24.0 Å². The molecule has 5 nitrogen and oxygen atoms in total. The van der Waals surface area contributed by atoms with E-state index in [4.69, 9.17) is 16.6 Å². The first-order valence-corrected chi connectivity index (χ1v) is 10.1. The second-order valence-corrected chi connectivity index (χ2v) is 7.94. The molecule has 0 radical (unpaired) electrons. The standard InChI is InChI=1S/C22H16N2O3S2/c25-20(19(15-8-3-1-4-9-15)16-10-5-2-6-11-16)23-24-21(26)18(29-22(24)28)14-17-12-7-13-27-17/h1-14,19H,(H,23,25)/b18-14-. The Kier molecular flexibility index (Phi) is 5.59. The van der Waals surface area contributed by atoms with Crippen molar-refractivity contribution in [3.8, 4) is 0 Å². The third-order valence-electron chi connectivity index (χ3n) is 4.36. The number of hydrogen-bond acceptors (Lipinski definition) is 5. The molecule has 1 fully saturated rings. The maximum Gasteiger partial charge on any atom is 0.285 e. The highest BCUT2D eigenvalue weighted by Crippen LogP contribution is 2.32. The van der Waals surface area contributed by atoms with Crippen LogP contribution in [0.4, 0.5) is 0 Å². The fourth-order valence-corrected chi connectivity index (χ4v) is 4.19. The average Bonchev–Trinajstić information content (AvgIpc) is 3.34. The van der Waals surface area contributed by atoms with Gasteiger partial charge in [0.1, 0.15) is 5.76 Å². The van der Waals surface area contributed by atoms with Crippen LogP contribution in [0.2, 0.25) is 0 Å². The quantitative estimate of drug-likeness (QED) is 0.491. The maximum absolute atomic E-state index is 13.2. The lowest BCUT2D eigenvalue weighted by Gasteiger charge is -2.22. The van der Waals surface area contributed by atoms with Crippen LogP contribution in [0.25, 0.3) is 6.08 Å². The van der Waals surface area contributed by atoms with E-state index in [9.17, 15) is 9.59 Å². The molecule has 0 bridgehead atoms. The molecular weight excluding hydrogens is 404 g/mol. The predicted octanol–water partition coefficient (Wildman–Crippen LogP) is 4.34. The van der Waals surface area contributed by atoms with Crippen molar-refractivity contribution in [3.63, 3.8) is 0 Å². The van der Waals surface area contributed by atoms with E-state index < -0.39 is 5.92 Å². The number of amides is 2. The van der Waals surface area contributed by atoms with E-state index in [1.807, 2.05) is 60.7 Å². The molecule has 29 heavy (non-hydrogen) atoms. The fourth-order valence-electron chi connectivity index (χ4n) is 3.03. The molecule has 144 valence electrons. The van der Waals surface area contributed by atoms with Gasteiger partial charge in [-0.15, -0.1) is 0 Å². The highest BCUT2D eigenvalue weighted by molar-refractivity contribution is 8.26. The molecule has 2 heterocycles. The fraction of sp³-hybridized carbons (Fsp3) is 0.0455. The van der Waals surface area contributed by atoms with Crippen LogP contribution in [0.3, 0.4) is 0 Å². The van der Waals surface area contributed by atoms with Crippen molar-refractivity contribution in [2.24, 2.45) is 0 Å². The molecule has 1 N–H and O–H groups in total. The van der Waals surface area contributed by atoms with Gasteiger partial charge in [0, 0.05) is 6.08 Å². The Balaban J connectivity index is 1.59. The van der Waals surface area contributed by atoms with E-state index in [-0.39, 0.29) is 16.1 Å². The van der Waals surface area contributed by atoms with Crippen LogP contribution in [0, 0.1) is 0 Å². The van der Waals surface area contributed by atoms with Crippen molar-refractivity contribution < 1.29 is 14.0 Å². The summed E-state index contributed by atoms with van der Waals surface area (Å²) in [6, 6.07) is 22.3. The molecule has 1 aliphatic heterocycles. The van der Waals surface area contributed by atoms with E-state index in [0.29, 0.717) is 10.7 Å². The highest BCUT2D eigenvalue weighted by atomic mass is 32.2. The second kappa shape index (κ2) is 8.46. The van der Waals surface area contributed by atoms with Crippen molar-refractivity contribution in [1.82, 2.24) is 10.4 Å². The third kappa shape index (κ3) is 4.16. The summed E-state index contributed by atoms with van der Waals surface area (Å²) < 4.78 is 5.52. The molecule has 1 saturated heterocycles. The summed E-state index contributed by atoms with van der Waals surface area (Å²) in [5.74, 6) is -0.748. The van der Waals surface area contributed by atoms with Gasteiger partial charge in [-0.3, -0.25) is 15.0 Å². The van der Waals surface area contributed by atoms with Crippen LogP contribution in [-0.4, -0.2) is 21.1 Å². The van der Waals surface area contributed by atoms with Gasteiger partial charge < -0.3 is 4.42 Å². The summed E-state index contributed by atoms with van der Waals surface area (Å²) in [5, 5.41) is 1.12. The Morgan fingerprint density at radius 2 is 1.62 bits per heavy atom. The topological polar surface area (TPSA) is 62.6 Å². The van der Waals surface area contributed by atoms with Gasteiger partial charge in [0.05, 0.1) is 17.1 Å². The summed E-state index contributed by atoms with van der Waals surface area (Å²) >= 11 is 6.43. The van der Waals surface area contributed by atoms with Crippen LogP contribution in [-0.2, 0) is 9.59 Å².